The summed E-state index contributed by atoms with van der Waals surface area (Å²) in [7, 11) is 0. The summed E-state index contributed by atoms with van der Waals surface area (Å²) in [6.07, 6.45) is 0.507. The quantitative estimate of drug-likeness (QED) is 0.635. The second kappa shape index (κ2) is 4.48. The van der Waals surface area contributed by atoms with Gasteiger partial charge in [-0.1, -0.05) is 12.1 Å². The van der Waals surface area contributed by atoms with E-state index in [1.807, 2.05) is 18.2 Å². The average molecular weight is 258 g/mol. The van der Waals surface area contributed by atoms with Crippen molar-refractivity contribution in [1.82, 2.24) is 30.6 Å². The molecular formula is C11H10N6O2. The molecule has 0 unspecified atom stereocenters. The van der Waals surface area contributed by atoms with Gasteiger partial charge in [0.1, 0.15) is 0 Å². The number of aromatic nitrogens is 6. The highest BCUT2D eigenvalue weighted by Gasteiger charge is 2.12. The smallest absolute Gasteiger partial charge is 0.303 e. The highest BCUT2D eigenvalue weighted by atomic mass is 16.4. The molecule has 19 heavy (non-hydrogen) atoms. The number of tetrazole rings is 1. The number of carbonyl (C=O) groups is 1. The zero-order valence-electron chi connectivity index (χ0n) is 9.79. The zero-order chi connectivity index (χ0) is 13.2. The van der Waals surface area contributed by atoms with E-state index in [-0.39, 0.29) is 6.42 Å². The van der Waals surface area contributed by atoms with E-state index >= 15 is 0 Å². The van der Waals surface area contributed by atoms with E-state index in [4.69, 9.17) is 5.11 Å². The molecule has 3 aromatic rings. The normalized spacial score (nSPS) is 10.9. The molecule has 0 aliphatic heterocycles. The largest absolute Gasteiger partial charge is 0.481 e. The first-order valence-corrected chi connectivity index (χ1v) is 5.67. The molecule has 0 spiro atoms. The molecule has 8 nitrogen and oxygen atoms in total. The fourth-order valence-electron chi connectivity index (χ4n) is 1.90. The van der Waals surface area contributed by atoms with E-state index in [1.165, 1.54) is 0 Å². The molecule has 2 heterocycles. The monoisotopic (exact) mass is 258 g/mol. The molecule has 0 radical (unpaired) electrons. The zero-order valence-corrected chi connectivity index (χ0v) is 9.79. The van der Waals surface area contributed by atoms with Gasteiger partial charge < -0.3 is 10.1 Å². The van der Waals surface area contributed by atoms with Crippen LogP contribution in [0.25, 0.3) is 22.7 Å². The van der Waals surface area contributed by atoms with Gasteiger partial charge in [-0.2, -0.15) is 5.21 Å². The standard InChI is InChI=1S/C11H10N6O2/c18-8(19)5-4-6-2-1-3-7-9(6)13-10(12-7)11-14-16-17-15-11/h1-3H,4-5H2,(H,12,13)(H,18,19)(H,14,15,16,17). The summed E-state index contributed by atoms with van der Waals surface area (Å²) in [6, 6.07) is 5.60. The number of nitrogens with one attached hydrogen (secondary N) is 2. The predicted molar refractivity (Wildman–Crippen MR) is 65.2 cm³/mol. The van der Waals surface area contributed by atoms with Gasteiger partial charge in [0, 0.05) is 6.42 Å². The Balaban J connectivity index is 2.02. The maximum atomic E-state index is 10.6. The lowest BCUT2D eigenvalue weighted by Gasteiger charge is -1.98. The molecule has 1 aromatic carbocycles. The first-order chi connectivity index (χ1) is 9.24. The summed E-state index contributed by atoms with van der Waals surface area (Å²) >= 11 is 0. The molecule has 8 heteroatoms. The summed E-state index contributed by atoms with van der Waals surface area (Å²) in [5.74, 6) is 0.0536. The minimum Gasteiger partial charge on any atom is -0.481 e. The molecule has 3 rings (SSSR count). The summed E-state index contributed by atoms with van der Waals surface area (Å²) in [5, 5.41) is 22.3. The van der Waals surface area contributed by atoms with Crippen LogP contribution in [0, 0.1) is 0 Å². The minimum atomic E-state index is -0.828. The number of aromatic amines is 2. The van der Waals surface area contributed by atoms with Gasteiger partial charge in [0.25, 0.3) is 0 Å². The van der Waals surface area contributed by atoms with Crippen molar-refractivity contribution in [2.75, 3.05) is 0 Å². The summed E-state index contributed by atoms with van der Waals surface area (Å²) in [4.78, 5) is 18.1. The van der Waals surface area contributed by atoms with Crippen LogP contribution < -0.4 is 0 Å². The topological polar surface area (TPSA) is 120 Å². The number of hydrogen-bond donors (Lipinski definition) is 3. The Morgan fingerprint density at radius 1 is 1.37 bits per heavy atom. The van der Waals surface area contributed by atoms with Crippen LogP contribution >= 0.6 is 0 Å². The highest BCUT2D eigenvalue weighted by Crippen LogP contribution is 2.21. The van der Waals surface area contributed by atoms with Crippen molar-refractivity contribution in [3.05, 3.63) is 23.8 Å². The number of H-pyrrole nitrogens is 2. The maximum Gasteiger partial charge on any atom is 0.303 e. The fourth-order valence-corrected chi connectivity index (χ4v) is 1.90. The Morgan fingerprint density at radius 2 is 2.26 bits per heavy atom. The molecule has 0 saturated carbocycles. The van der Waals surface area contributed by atoms with Crippen molar-refractivity contribution in [2.45, 2.75) is 12.8 Å². The summed E-state index contributed by atoms with van der Waals surface area (Å²) in [6.45, 7) is 0. The van der Waals surface area contributed by atoms with Gasteiger partial charge in [-0.3, -0.25) is 4.79 Å². The first-order valence-electron chi connectivity index (χ1n) is 5.67. The van der Waals surface area contributed by atoms with Crippen LogP contribution in [0.1, 0.15) is 12.0 Å². The molecule has 0 fully saturated rings. The van der Waals surface area contributed by atoms with Crippen molar-refractivity contribution < 1.29 is 9.90 Å². The Morgan fingerprint density at radius 3 is 3.00 bits per heavy atom. The van der Waals surface area contributed by atoms with E-state index in [0.29, 0.717) is 18.1 Å². The Hall–Kier alpha value is -2.77. The van der Waals surface area contributed by atoms with E-state index in [2.05, 4.69) is 30.6 Å². The molecule has 2 aromatic heterocycles. The van der Waals surface area contributed by atoms with Crippen LogP contribution in [-0.4, -0.2) is 41.7 Å². The van der Waals surface area contributed by atoms with Gasteiger partial charge in [-0.05, 0) is 23.3 Å². The lowest BCUT2D eigenvalue weighted by Crippen LogP contribution is -1.97. The Bertz CT molecular complexity index is 718. The van der Waals surface area contributed by atoms with Crippen LogP contribution in [0.5, 0.6) is 0 Å². The van der Waals surface area contributed by atoms with Crippen LogP contribution in [0.3, 0.4) is 0 Å². The number of aliphatic carboxylic acids is 1. The molecular weight excluding hydrogens is 248 g/mol. The molecule has 0 amide bonds. The third-order valence-corrected chi connectivity index (χ3v) is 2.76. The van der Waals surface area contributed by atoms with Gasteiger partial charge in [0.05, 0.1) is 11.0 Å². The number of rotatable bonds is 4. The SMILES string of the molecule is O=C(O)CCc1cccc2[nH]c(-c3nn[nH]n3)nc12. The van der Waals surface area contributed by atoms with Gasteiger partial charge in [-0.25, -0.2) is 4.98 Å². The van der Waals surface area contributed by atoms with E-state index in [9.17, 15) is 4.79 Å². The van der Waals surface area contributed by atoms with E-state index < -0.39 is 5.97 Å². The van der Waals surface area contributed by atoms with Crippen LogP contribution in [0.2, 0.25) is 0 Å². The number of imidazole rings is 1. The van der Waals surface area contributed by atoms with Gasteiger partial charge >= 0.3 is 5.97 Å². The number of nitrogens with zero attached hydrogens (tertiary/aromatic N) is 4. The van der Waals surface area contributed by atoms with E-state index in [1.54, 1.807) is 0 Å². The van der Waals surface area contributed by atoms with Crippen molar-refractivity contribution in [2.24, 2.45) is 0 Å². The number of carboxylic acid groups (broad SMARTS) is 1. The Kier molecular flexibility index (Phi) is 2.67. The third kappa shape index (κ3) is 2.15. The lowest BCUT2D eigenvalue weighted by molar-refractivity contribution is -0.136. The number of carboxylic acids is 1. The lowest BCUT2D eigenvalue weighted by atomic mass is 10.1. The summed E-state index contributed by atoms with van der Waals surface area (Å²) in [5.41, 5.74) is 2.44. The number of fused-ring (bicyclic) bond motifs is 1. The van der Waals surface area contributed by atoms with Crippen molar-refractivity contribution in [3.63, 3.8) is 0 Å². The molecule has 0 atom stereocenters. The minimum absolute atomic E-state index is 0.0729. The molecule has 0 saturated heterocycles. The number of benzene rings is 1. The van der Waals surface area contributed by atoms with Crippen molar-refractivity contribution in [3.8, 4) is 11.6 Å². The molecule has 0 aliphatic rings. The third-order valence-electron chi connectivity index (χ3n) is 2.76. The molecule has 0 aliphatic carbocycles. The van der Waals surface area contributed by atoms with Crippen molar-refractivity contribution >= 4 is 17.0 Å². The fraction of sp³-hybridized carbons (Fsp3) is 0.182. The summed E-state index contributed by atoms with van der Waals surface area (Å²) < 4.78 is 0. The first kappa shape index (κ1) is 11.3. The average Bonchev–Trinajstić information content (AvgIpc) is 3.04. The Labute approximate surface area is 106 Å². The second-order valence-electron chi connectivity index (χ2n) is 4.03. The predicted octanol–water partition coefficient (Wildman–Crippen LogP) is 0.760. The van der Waals surface area contributed by atoms with Gasteiger partial charge in [0.2, 0.25) is 5.82 Å². The van der Waals surface area contributed by atoms with Gasteiger partial charge in [-0.15, -0.1) is 10.2 Å². The second-order valence-corrected chi connectivity index (χ2v) is 4.03. The van der Waals surface area contributed by atoms with Gasteiger partial charge in [0.15, 0.2) is 5.82 Å². The molecule has 0 bridgehead atoms. The van der Waals surface area contributed by atoms with Crippen LogP contribution in [0.15, 0.2) is 18.2 Å². The maximum absolute atomic E-state index is 10.6. The van der Waals surface area contributed by atoms with Crippen LogP contribution in [-0.2, 0) is 11.2 Å². The molecule has 3 N–H and O–H groups in total. The van der Waals surface area contributed by atoms with E-state index in [0.717, 1.165) is 16.6 Å². The van der Waals surface area contributed by atoms with Crippen LogP contribution in [0.4, 0.5) is 0 Å². The number of para-hydroxylation sites is 1. The molecule has 96 valence electrons. The number of aryl methyl sites for hydroxylation is 1. The van der Waals surface area contributed by atoms with Crippen molar-refractivity contribution in [1.29, 1.82) is 0 Å². The number of hydrogen-bond acceptors (Lipinski definition) is 5. The highest BCUT2D eigenvalue weighted by molar-refractivity contribution is 5.82.